The van der Waals surface area contributed by atoms with Gasteiger partial charge in [0, 0.05) is 49.5 Å². The van der Waals surface area contributed by atoms with Crippen molar-refractivity contribution in [2.45, 2.75) is 25.1 Å². The third-order valence-electron chi connectivity index (χ3n) is 4.59. The van der Waals surface area contributed by atoms with Gasteiger partial charge in [0.2, 0.25) is 0 Å². The second kappa shape index (κ2) is 6.68. The summed E-state index contributed by atoms with van der Waals surface area (Å²) in [5.74, 6) is 0.521. The van der Waals surface area contributed by atoms with Gasteiger partial charge < -0.3 is 14.0 Å². The summed E-state index contributed by atoms with van der Waals surface area (Å²) in [5, 5.41) is 3.20. The van der Waals surface area contributed by atoms with E-state index in [1.165, 1.54) is 0 Å². The summed E-state index contributed by atoms with van der Waals surface area (Å²) < 4.78 is 14.3. The topological polar surface area (TPSA) is 52.4 Å². The van der Waals surface area contributed by atoms with Crippen molar-refractivity contribution in [3.63, 3.8) is 0 Å². The zero-order chi connectivity index (χ0) is 15.5. The first kappa shape index (κ1) is 15.3. The van der Waals surface area contributed by atoms with Gasteiger partial charge >= 0.3 is 0 Å². The second-order valence-electron chi connectivity index (χ2n) is 6.51. The van der Waals surface area contributed by atoms with Gasteiger partial charge in [0.1, 0.15) is 10.6 Å². The van der Waals surface area contributed by atoms with E-state index in [0.717, 1.165) is 50.8 Å². The molecule has 2 aromatic heterocycles. The highest BCUT2D eigenvalue weighted by Gasteiger charge is 2.43. The quantitative estimate of drug-likeness (QED) is 0.851. The molecule has 124 valence electrons. The Balaban J connectivity index is 1.40. The number of aromatic nitrogens is 3. The molecule has 0 N–H and O–H groups in total. The van der Waals surface area contributed by atoms with Crippen LogP contribution in [0.4, 0.5) is 0 Å². The molecule has 0 unspecified atom stereocenters. The lowest BCUT2D eigenvalue weighted by Gasteiger charge is -2.30. The van der Waals surface area contributed by atoms with Gasteiger partial charge in [-0.15, -0.1) is 11.3 Å². The number of hydrogen-bond donors (Lipinski definition) is 0. The van der Waals surface area contributed by atoms with Crippen LogP contribution in [0.1, 0.15) is 11.4 Å². The fraction of sp³-hybridized carbons (Fsp3) is 0.625. The largest absolute Gasteiger partial charge is 0.377 e. The zero-order valence-corrected chi connectivity index (χ0v) is 14.0. The Bertz CT molecular complexity index is 604. The molecular formula is C16H22N4O2S. The van der Waals surface area contributed by atoms with Crippen molar-refractivity contribution in [1.29, 1.82) is 0 Å². The molecule has 4 heterocycles. The van der Waals surface area contributed by atoms with Crippen LogP contribution in [0.3, 0.4) is 0 Å². The monoisotopic (exact) mass is 334 g/mol. The lowest BCUT2D eigenvalue weighted by molar-refractivity contribution is -0.0563. The maximum absolute atomic E-state index is 6.25. The van der Waals surface area contributed by atoms with Crippen LogP contribution in [0.15, 0.2) is 30.3 Å². The lowest BCUT2D eigenvalue weighted by Crippen LogP contribution is -2.43. The van der Waals surface area contributed by atoms with E-state index < -0.39 is 0 Å². The zero-order valence-electron chi connectivity index (χ0n) is 13.1. The molecule has 0 aromatic carbocycles. The van der Waals surface area contributed by atoms with E-state index in [0.29, 0.717) is 12.5 Å². The Morgan fingerprint density at radius 1 is 1.39 bits per heavy atom. The molecule has 2 aliphatic rings. The van der Waals surface area contributed by atoms with E-state index in [-0.39, 0.29) is 5.60 Å². The maximum atomic E-state index is 6.25. The third-order valence-corrected chi connectivity index (χ3v) is 5.35. The third kappa shape index (κ3) is 3.63. The van der Waals surface area contributed by atoms with Gasteiger partial charge in [-0.3, -0.25) is 4.90 Å². The number of thiazole rings is 1. The predicted molar refractivity (Wildman–Crippen MR) is 87.2 cm³/mol. The highest BCUT2D eigenvalue weighted by atomic mass is 32.1. The molecular weight excluding hydrogens is 312 g/mol. The summed E-state index contributed by atoms with van der Waals surface area (Å²) >= 11 is 1.71. The molecule has 0 bridgehead atoms. The maximum Gasteiger partial charge on any atom is 0.107 e. The van der Waals surface area contributed by atoms with Crippen LogP contribution in [0, 0.1) is 5.92 Å². The minimum Gasteiger partial charge on any atom is -0.377 e. The Labute approximate surface area is 140 Å². The molecule has 0 radical (unpaired) electrons. The van der Waals surface area contributed by atoms with Crippen molar-refractivity contribution >= 4 is 11.3 Å². The summed E-state index contributed by atoms with van der Waals surface area (Å²) in [4.78, 5) is 10.9. The Kier molecular flexibility index (Phi) is 4.43. The molecule has 1 spiro atoms. The van der Waals surface area contributed by atoms with Gasteiger partial charge in [0.15, 0.2) is 0 Å². The molecule has 2 saturated heterocycles. The first-order valence-electron chi connectivity index (χ1n) is 8.10. The molecule has 0 saturated carbocycles. The number of imidazole rings is 1. The minimum atomic E-state index is -0.168. The summed E-state index contributed by atoms with van der Waals surface area (Å²) in [5.41, 5.74) is -0.168. The van der Waals surface area contributed by atoms with Gasteiger partial charge in [0.25, 0.3) is 0 Å². The van der Waals surface area contributed by atoms with Crippen molar-refractivity contribution in [2.75, 3.05) is 32.9 Å². The van der Waals surface area contributed by atoms with E-state index in [2.05, 4.69) is 19.4 Å². The van der Waals surface area contributed by atoms with Crippen molar-refractivity contribution < 1.29 is 9.47 Å². The van der Waals surface area contributed by atoms with Gasteiger partial charge in [0.05, 0.1) is 32.7 Å². The molecule has 2 aliphatic heterocycles. The average Bonchev–Trinajstić information content (AvgIpc) is 3.25. The summed E-state index contributed by atoms with van der Waals surface area (Å²) in [6, 6.07) is 0. The highest BCUT2D eigenvalue weighted by Crippen LogP contribution is 2.34. The molecule has 2 fully saturated rings. The molecule has 4 rings (SSSR count). The smallest absolute Gasteiger partial charge is 0.107 e. The fourth-order valence-corrected chi connectivity index (χ4v) is 4.26. The van der Waals surface area contributed by atoms with Crippen LogP contribution < -0.4 is 0 Å². The van der Waals surface area contributed by atoms with E-state index in [1.54, 1.807) is 11.3 Å². The van der Waals surface area contributed by atoms with Gasteiger partial charge in [-0.1, -0.05) is 0 Å². The molecule has 23 heavy (non-hydrogen) atoms. The van der Waals surface area contributed by atoms with E-state index >= 15 is 0 Å². The first-order chi connectivity index (χ1) is 11.3. The molecule has 0 amide bonds. The fourth-order valence-electron chi connectivity index (χ4n) is 3.60. The normalized spacial score (nSPS) is 29.1. The summed E-state index contributed by atoms with van der Waals surface area (Å²) in [6.07, 6.45) is 8.64. The number of rotatable bonds is 4. The van der Waals surface area contributed by atoms with Crippen LogP contribution in [-0.2, 0) is 22.6 Å². The van der Waals surface area contributed by atoms with Crippen LogP contribution in [0.25, 0.3) is 0 Å². The average molecular weight is 334 g/mol. The van der Waals surface area contributed by atoms with Crippen LogP contribution >= 0.6 is 11.3 Å². The molecule has 0 aliphatic carbocycles. The summed E-state index contributed by atoms with van der Waals surface area (Å²) in [7, 11) is 0. The SMILES string of the molecule is c1cn(C[C@H]2CO[C@@]3(COCCN(Cc4nccs4)C3)C2)cn1. The van der Waals surface area contributed by atoms with Gasteiger partial charge in [-0.25, -0.2) is 9.97 Å². The molecule has 2 aromatic rings. The van der Waals surface area contributed by atoms with Gasteiger partial charge in [-0.2, -0.15) is 0 Å². The standard InChI is InChI=1S/C16H22N4O2S/c1-3-20(13-17-1)8-14-7-16(22-10-14)11-19(4-5-21-12-16)9-15-18-2-6-23-15/h1-3,6,13-14H,4-5,7-12H2/t14-,16-/m0/s1. The number of ether oxygens (including phenoxy) is 2. The number of hydrogen-bond acceptors (Lipinski definition) is 6. The predicted octanol–water partition coefficient (Wildman–Crippen LogP) is 1.65. The lowest BCUT2D eigenvalue weighted by atomic mass is 9.94. The van der Waals surface area contributed by atoms with Gasteiger partial charge in [-0.05, 0) is 6.42 Å². The Morgan fingerprint density at radius 3 is 3.22 bits per heavy atom. The van der Waals surface area contributed by atoms with Crippen LogP contribution in [0.2, 0.25) is 0 Å². The van der Waals surface area contributed by atoms with E-state index in [1.807, 2.05) is 30.3 Å². The number of nitrogens with zero attached hydrogens (tertiary/aromatic N) is 4. The van der Waals surface area contributed by atoms with Crippen molar-refractivity contribution in [2.24, 2.45) is 5.92 Å². The second-order valence-corrected chi connectivity index (χ2v) is 7.49. The first-order valence-corrected chi connectivity index (χ1v) is 8.97. The summed E-state index contributed by atoms with van der Waals surface area (Å²) in [6.45, 7) is 5.98. The Morgan fingerprint density at radius 2 is 2.39 bits per heavy atom. The Hall–Kier alpha value is -1.28. The van der Waals surface area contributed by atoms with E-state index in [4.69, 9.17) is 9.47 Å². The van der Waals surface area contributed by atoms with Crippen LogP contribution in [0.5, 0.6) is 0 Å². The molecule has 6 nitrogen and oxygen atoms in total. The molecule has 2 atom stereocenters. The van der Waals surface area contributed by atoms with Crippen molar-refractivity contribution in [3.05, 3.63) is 35.3 Å². The van der Waals surface area contributed by atoms with E-state index in [9.17, 15) is 0 Å². The molecule has 7 heteroatoms. The van der Waals surface area contributed by atoms with Crippen molar-refractivity contribution in [3.8, 4) is 0 Å². The van der Waals surface area contributed by atoms with Crippen molar-refractivity contribution in [1.82, 2.24) is 19.4 Å². The highest BCUT2D eigenvalue weighted by molar-refractivity contribution is 7.09. The van der Waals surface area contributed by atoms with Crippen LogP contribution in [-0.4, -0.2) is 57.9 Å². The minimum absolute atomic E-state index is 0.168.